The van der Waals surface area contributed by atoms with Gasteiger partial charge in [-0.05, 0) is 37.0 Å². The molecule has 1 aliphatic rings. The van der Waals surface area contributed by atoms with Gasteiger partial charge in [0.25, 0.3) is 5.91 Å². The van der Waals surface area contributed by atoms with E-state index in [9.17, 15) is 9.59 Å². The van der Waals surface area contributed by atoms with Gasteiger partial charge >= 0.3 is 5.97 Å². The molecule has 1 fully saturated rings. The summed E-state index contributed by atoms with van der Waals surface area (Å²) < 4.78 is 5.39. The van der Waals surface area contributed by atoms with Gasteiger partial charge in [-0.25, -0.2) is 0 Å². The number of hydrogen-bond acceptors (Lipinski definition) is 3. The summed E-state index contributed by atoms with van der Waals surface area (Å²) in [5, 5.41) is 11.4. The predicted molar refractivity (Wildman–Crippen MR) is 83.1 cm³/mol. The molecule has 2 N–H and O–H groups in total. The van der Waals surface area contributed by atoms with E-state index < -0.39 is 5.97 Å². The molecule has 0 spiro atoms. The van der Waals surface area contributed by atoms with E-state index in [2.05, 4.69) is 5.32 Å². The smallest absolute Gasteiger partial charge is 0.303 e. The molecule has 2 rings (SSSR count). The zero-order chi connectivity index (χ0) is 15.8. The van der Waals surface area contributed by atoms with Gasteiger partial charge in [-0.1, -0.05) is 18.6 Å². The second-order valence-electron chi connectivity index (χ2n) is 5.65. The van der Waals surface area contributed by atoms with Crippen molar-refractivity contribution in [3.05, 3.63) is 35.4 Å². The molecule has 1 aromatic rings. The first-order chi connectivity index (χ1) is 10.7. The lowest BCUT2D eigenvalue weighted by atomic mass is 9.96. The van der Waals surface area contributed by atoms with E-state index in [1.807, 2.05) is 24.3 Å². The number of benzene rings is 1. The lowest BCUT2D eigenvalue weighted by Gasteiger charge is -2.10. The summed E-state index contributed by atoms with van der Waals surface area (Å²) in [6, 6.07) is 7.72. The molecule has 1 heterocycles. The number of ether oxygens (including phenoxy) is 1. The van der Waals surface area contributed by atoms with E-state index in [0.29, 0.717) is 24.4 Å². The van der Waals surface area contributed by atoms with Crippen LogP contribution in [0.2, 0.25) is 0 Å². The Morgan fingerprint density at radius 2 is 2.14 bits per heavy atom. The number of rotatable bonds is 8. The molecule has 0 aromatic heterocycles. The molecule has 1 unspecified atom stereocenters. The standard InChI is InChI=1S/C17H23NO4/c19-16(20)7-2-1-3-9-18-17(21)14-6-4-5-13(11-14)15-8-10-22-12-15/h4-6,11,15H,1-3,7-10,12H2,(H,18,21)(H,19,20). The summed E-state index contributed by atoms with van der Waals surface area (Å²) in [7, 11) is 0. The highest BCUT2D eigenvalue weighted by atomic mass is 16.5. The Hall–Kier alpha value is -1.88. The van der Waals surface area contributed by atoms with Crippen LogP contribution in [0.1, 0.15) is 53.9 Å². The number of hydrogen-bond donors (Lipinski definition) is 2. The molecule has 0 bridgehead atoms. The third kappa shape index (κ3) is 5.15. The topological polar surface area (TPSA) is 75.6 Å². The van der Waals surface area contributed by atoms with Crippen LogP contribution in [-0.2, 0) is 9.53 Å². The number of nitrogens with one attached hydrogen (secondary N) is 1. The van der Waals surface area contributed by atoms with Crippen LogP contribution in [0.4, 0.5) is 0 Å². The Morgan fingerprint density at radius 1 is 1.27 bits per heavy atom. The summed E-state index contributed by atoms with van der Waals surface area (Å²) in [6.45, 7) is 2.10. The molecule has 1 saturated heterocycles. The lowest BCUT2D eigenvalue weighted by Crippen LogP contribution is -2.24. The Morgan fingerprint density at radius 3 is 2.86 bits per heavy atom. The lowest BCUT2D eigenvalue weighted by molar-refractivity contribution is -0.137. The van der Waals surface area contributed by atoms with Gasteiger partial charge in [-0.2, -0.15) is 0 Å². The van der Waals surface area contributed by atoms with Crippen molar-refractivity contribution in [3.8, 4) is 0 Å². The molecular weight excluding hydrogens is 282 g/mol. The largest absolute Gasteiger partial charge is 0.481 e. The average Bonchev–Trinajstić information content (AvgIpc) is 3.05. The second-order valence-corrected chi connectivity index (χ2v) is 5.65. The molecule has 120 valence electrons. The first-order valence-corrected chi connectivity index (χ1v) is 7.84. The maximum Gasteiger partial charge on any atom is 0.303 e. The zero-order valence-electron chi connectivity index (χ0n) is 12.7. The maximum absolute atomic E-state index is 12.1. The minimum atomic E-state index is -0.767. The summed E-state index contributed by atoms with van der Waals surface area (Å²) in [4.78, 5) is 22.5. The van der Waals surface area contributed by atoms with Crippen LogP contribution >= 0.6 is 0 Å². The fraction of sp³-hybridized carbons (Fsp3) is 0.529. The molecule has 5 nitrogen and oxygen atoms in total. The van der Waals surface area contributed by atoms with E-state index in [0.717, 1.165) is 38.0 Å². The van der Waals surface area contributed by atoms with Crippen LogP contribution < -0.4 is 5.32 Å². The normalized spacial score (nSPS) is 17.4. The number of aliphatic carboxylic acids is 1. The molecule has 0 aliphatic carbocycles. The summed E-state index contributed by atoms with van der Waals surface area (Å²) in [5.41, 5.74) is 1.83. The SMILES string of the molecule is O=C(O)CCCCCNC(=O)c1cccc(C2CCOC2)c1. The number of carbonyl (C=O) groups excluding carboxylic acids is 1. The van der Waals surface area contributed by atoms with Gasteiger partial charge in [0.05, 0.1) is 6.61 Å². The first-order valence-electron chi connectivity index (χ1n) is 7.84. The number of amides is 1. The minimum absolute atomic E-state index is 0.0704. The summed E-state index contributed by atoms with van der Waals surface area (Å²) >= 11 is 0. The first kappa shape index (κ1) is 16.5. The molecule has 22 heavy (non-hydrogen) atoms. The van der Waals surface area contributed by atoms with Crippen LogP contribution in [0, 0.1) is 0 Å². The highest BCUT2D eigenvalue weighted by Crippen LogP contribution is 2.25. The Labute approximate surface area is 130 Å². The van der Waals surface area contributed by atoms with Crippen molar-refractivity contribution in [3.63, 3.8) is 0 Å². The van der Waals surface area contributed by atoms with Crippen LogP contribution in [0.5, 0.6) is 0 Å². The van der Waals surface area contributed by atoms with Gasteiger partial charge in [-0.15, -0.1) is 0 Å². The van der Waals surface area contributed by atoms with Crippen molar-refractivity contribution in [2.24, 2.45) is 0 Å². The predicted octanol–water partition coefficient (Wildman–Crippen LogP) is 2.57. The molecule has 0 radical (unpaired) electrons. The number of unbranched alkanes of at least 4 members (excludes halogenated alkanes) is 2. The molecule has 0 saturated carbocycles. The zero-order valence-corrected chi connectivity index (χ0v) is 12.7. The Bertz CT molecular complexity index is 509. The van der Waals surface area contributed by atoms with Crippen molar-refractivity contribution < 1.29 is 19.4 Å². The van der Waals surface area contributed by atoms with Gasteiger partial charge in [0, 0.05) is 31.1 Å². The summed E-state index contributed by atoms with van der Waals surface area (Å²) in [5.74, 6) is -0.445. The molecule has 1 aliphatic heterocycles. The van der Waals surface area contributed by atoms with Crippen molar-refractivity contribution in [2.75, 3.05) is 19.8 Å². The monoisotopic (exact) mass is 305 g/mol. The Kier molecular flexibility index (Phi) is 6.40. The third-order valence-corrected chi connectivity index (χ3v) is 3.90. The molecule has 5 heteroatoms. The molecule has 1 atom stereocenters. The van der Waals surface area contributed by atoms with Crippen molar-refractivity contribution in [1.82, 2.24) is 5.32 Å². The van der Waals surface area contributed by atoms with E-state index in [-0.39, 0.29) is 12.3 Å². The van der Waals surface area contributed by atoms with Gasteiger partial charge in [0.1, 0.15) is 0 Å². The van der Waals surface area contributed by atoms with E-state index >= 15 is 0 Å². The number of carboxylic acid groups (broad SMARTS) is 1. The fourth-order valence-corrected chi connectivity index (χ4v) is 2.61. The minimum Gasteiger partial charge on any atom is -0.481 e. The van der Waals surface area contributed by atoms with E-state index in [1.165, 1.54) is 0 Å². The van der Waals surface area contributed by atoms with Crippen molar-refractivity contribution >= 4 is 11.9 Å². The second kappa shape index (κ2) is 8.54. The third-order valence-electron chi connectivity index (χ3n) is 3.90. The number of carboxylic acids is 1. The Balaban J connectivity index is 1.75. The van der Waals surface area contributed by atoms with Gasteiger partial charge in [-0.3, -0.25) is 9.59 Å². The van der Waals surface area contributed by atoms with Crippen LogP contribution in [0.15, 0.2) is 24.3 Å². The number of carbonyl (C=O) groups is 2. The average molecular weight is 305 g/mol. The van der Waals surface area contributed by atoms with Crippen LogP contribution in [-0.4, -0.2) is 36.7 Å². The highest BCUT2D eigenvalue weighted by Gasteiger charge is 2.18. The quantitative estimate of drug-likeness (QED) is 0.724. The van der Waals surface area contributed by atoms with Gasteiger partial charge in [0.15, 0.2) is 0 Å². The molecule has 1 aromatic carbocycles. The fourth-order valence-electron chi connectivity index (χ4n) is 2.61. The van der Waals surface area contributed by atoms with Gasteiger partial charge in [0.2, 0.25) is 0 Å². The highest BCUT2D eigenvalue weighted by molar-refractivity contribution is 5.94. The van der Waals surface area contributed by atoms with Crippen LogP contribution in [0.25, 0.3) is 0 Å². The molecule has 1 amide bonds. The van der Waals surface area contributed by atoms with Gasteiger partial charge < -0.3 is 15.2 Å². The van der Waals surface area contributed by atoms with Crippen LogP contribution in [0.3, 0.4) is 0 Å². The van der Waals surface area contributed by atoms with Crippen molar-refractivity contribution in [2.45, 2.75) is 38.0 Å². The maximum atomic E-state index is 12.1. The van der Waals surface area contributed by atoms with E-state index in [4.69, 9.17) is 9.84 Å². The van der Waals surface area contributed by atoms with Crippen molar-refractivity contribution in [1.29, 1.82) is 0 Å². The summed E-state index contributed by atoms with van der Waals surface area (Å²) in [6.07, 6.45) is 3.47. The van der Waals surface area contributed by atoms with E-state index in [1.54, 1.807) is 0 Å². The molecular formula is C17H23NO4.